The van der Waals surface area contributed by atoms with Crippen LogP contribution in [0.4, 0.5) is 0 Å². The van der Waals surface area contributed by atoms with Crippen molar-refractivity contribution in [1.82, 2.24) is 0 Å². The van der Waals surface area contributed by atoms with E-state index in [9.17, 15) is 14.7 Å². The molecule has 0 bridgehead atoms. The number of unbranched alkanes of at least 4 members (excludes halogenated alkanes) is 7. The summed E-state index contributed by atoms with van der Waals surface area (Å²) in [4.78, 5) is 22.3. The number of carboxylic acid groups (broad SMARTS) is 2. The molecule has 2 unspecified atom stereocenters. The molecule has 0 radical (unpaired) electrons. The fraction of sp³-hybridized carbons (Fsp3) is 0.875. The van der Waals surface area contributed by atoms with Crippen LogP contribution in [0.5, 0.6) is 0 Å². The Morgan fingerprint density at radius 1 is 1.00 bits per heavy atom. The number of rotatable bonds is 13. The fourth-order valence-corrected chi connectivity index (χ4v) is 3.50. The number of carbonyl (C=O) groups is 2. The van der Waals surface area contributed by atoms with Gasteiger partial charge in [-0.2, -0.15) is 0 Å². The van der Waals surface area contributed by atoms with Crippen LogP contribution in [-0.2, 0) is 9.59 Å². The molecule has 0 spiro atoms. The van der Waals surface area contributed by atoms with E-state index in [0.29, 0.717) is 6.42 Å². The normalized spacial score (nSPS) is 15.4. The molecule has 0 aliphatic carbocycles. The first-order valence-electron chi connectivity index (χ1n) is 7.97. The van der Waals surface area contributed by atoms with Gasteiger partial charge in [0, 0.05) is 0 Å². The first kappa shape index (κ1) is 20.3. The molecule has 0 saturated heterocycles. The number of hydrogen-bond acceptors (Lipinski definition) is 3. The quantitative estimate of drug-likeness (QED) is 0.487. The number of thioether (sulfide) groups is 1. The summed E-state index contributed by atoms with van der Waals surface area (Å²) in [5, 5.41) is 17.6. The van der Waals surface area contributed by atoms with Gasteiger partial charge < -0.3 is 10.2 Å². The Morgan fingerprint density at radius 3 is 1.90 bits per heavy atom. The summed E-state index contributed by atoms with van der Waals surface area (Å²) < 4.78 is -1.000. The van der Waals surface area contributed by atoms with Crippen molar-refractivity contribution in [3.63, 3.8) is 0 Å². The van der Waals surface area contributed by atoms with E-state index >= 15 is 0 Å². The van der Waals surface area contributed by atoms with Gasteiger partial charge in [-0.1, -0.05) is 58.3 Å². The van der Waals surface area contributed by atoms with Gasteiger partial charge in [-0.15, -0.1) is 11.8 Å². The third kappa shape index (κ3) is 9.02. The van der Waals surface area contributed by atoms with Crippen molar-refractivity contribution in [3.8, 4) is 0 Å². The Morgan fingerprint density at radius 2 is 1.48 bits per heavy atom. The first-order chi connectivity index (χ1) is 9.83. The van der Waals surface area contributed by atoms with Crippen molar-refractivity contribution >= 4 is 23.7 Å². The van der Waals surface area contributed by atoms with Gasteiger partial charge in [0.15, 0.2) is 0 Å². The van der Waals surface area contributed by atoms with Gasteiger partial charge in [-0.05, 0) is 20.3 Å². The maximum Gasteiger partial charge on any atom is 0.319 e. The molecular weight excluding hydrogens is 288 g/mol. The van der Waals surface area contributed by atoms with Crippen molar-refractivity contribution in [3.05, 3.63) is 0 Å². The zero-order valence-corrected chi connectivity index (χ0v) is 14.4. The Balaban J connectivity index is 3.99. The summed E-state index contributed by atoms with van der Waals surface area (Å²) >= 11 is 1.04. The van der Waals surface area contributed by atoms with Crippen LogP contribution < -0.4 is 0 Å². The second-order valence-corrected chi connectivity index (χ2v) is 7.70. The highest BCUT2D eigenvalue weighted by molar-refractivity contribution is 8.02. The summed E-state index contributed by atoms with van der Waals surface area (Å²) in [7, 11) is 0. The van der Waals surface area contributed by atoms with E-state index in [0.717, 1.165) is 31.0 Å². The highest BCUT2D eigenvalue weighted by Crippen LogP contribution is 2.34. The molecule has 5 heteroatoms. The lowest BCUT2D eigenvalue weighted by Gasteiger charge is -2.26. The van der Waals surface area contributed by atoms with Crippen molar-refractivity contribution in [2.75, 3.05) is 0 Å². The fourth-order valence-electron chi connectivity index (χ4n) is 2.25. The maximum atomic E-state index is 11.4. The van der Waals surface area contributed by atoms with Crippen LogP contribution in [0.1, 0.15) is 78.6 Å². The predicted molar refractivity (Wildman–Crippen MR) is 88.0 cm³/mol. The molecule has 0 aliphatic heterocycles. The molecule has 21 heavy (non-hydrogen) atoms. The second-order valence-electron chi connectivity index (χ2n) is 5.86. The van der Waals surface area contributed by atoms with E-state index in [1.165, 1.54) is 32.1 Å². The van der Waals surface area contributed by atoms with E-state index < -0.39 is 21.9 Å². The van der Waals surface area contributed by atoms with E-state index in [2.05, 4.69) is 6.92 Å². The van der Waals surface area contributed by atoms with Crippen molar-refractivity contribution in [2.24, 2.45) is 0 Å². The molecule has 0 rings (SSSR count). The minimum absolute atomic E-state index is 0.527. The second kappa shape index (κ2) is 10.9. The van der Waals surface area contributed by atoms with Gasteiger partial charge in [-0.25, -0.2) is 0 Å². The molecule has 0 aromatic heterocycles. The minimum Gasteiger partial charge on any atom is -0.480 e. The molecule has 2 atom stereocenters. The highest BCUT2D eigenvalue weighted by Gasteiger charge is 2.36. The minimum atomic E-state index is -1.000. The molecule has 0 aliphatic rings. The Kier molecular flexibility index (Phi) is 10.6. The summed E-state index contributed by atoms with van der Waals surface area (Å²) in [5.74, 6) is -1.87. The molecular formula is C16H30O4S. The number of hydrogen-bond donors (Lipinski definition) is 2. The van der Waals surface area contributed by atoms with Crippen molar-refractivity contribution in [1.29, 1.82) is 0 Å². The van der Waals surface area contributed by atoms with Crippen molar-refractivity contribution < 1.29 is 19.8 Å². The van der Waals surface area contributed by atoms with Crippen molar-refractivity contribution in [2.45, 2.75) is 88.6 Å². The monoisotopic (exact) mass is 318 g/mol. The largest absolute Gasteiger partial charge is 0.480 e. The van der Waals surface area contributed by atoms with E-state index in [1.807, 2.05) is 0 Å². The molecule has 0 aromatic carbocycles. The maximum absolute atomic E-state index is 11.4. The molecule has 0 fully saturated rings. The standard InChI is InChI=1S/C16H30O4S/c1-4-5-6-7-8-9-10-11-12-16(3,15(19)20)21-13(2)14(17)18/h13H,4-12H2,1-3H3,(H,17,18)(H,19,20). The Bertz CT molecular complexity index is 319. The zero-order chi connectivity index (χ0) is 16.3. The van der Waals surface area contributed by atoms with Gasteiger partial charge in [0.1, 0.15) is 10.00 Å². The first-order valence-corrected chi connectivity index (χ1v) is 8.85. The average Bonchev–Trinajstić information content (AvgIpc) is 2.41. The number of aliphatic carboxylic acids is 2. The summed E-state index contributed by atoms with van der Waals surface area (Å²) in [6.45, 7) is 5.38. The molecule has 4 nitrogen and oxygen atoms in total. The molecule has 0 heterocycles. The van der Waals surface area contributed by atoms with Crippen LogP contribution >= 0.6 is 11.8 Å². The van der Waals surface area contributed by atoms with Crippen LogP contribution in [0.25, 0.3) is 0 Å². The van der Waals surface area contributed by atoms with Gasteiger partial charge >= 0.3 is 11.9 Å². The SMILES string of the molecule is CCCCCCCCCCC(C)(SC(C)C(=O)O)C(=O)O. The highest BCUT2D eigenvalue weighted by atomic mass is 32.2. The summed E-state index contributed by atoms with van der Waals surface area (Å²) in [6, 6.07) is 0. The molecule has 0 saturated carbocycles. The van der Waals surface area contributed by atoms with Crippen LogP contribution in [0, 0.1) is 0 Å². The molecule has 124 valence electrons. The number of carboxylic acids is 2. The lowest BCUT2D eigenvalue weighted by atomic mass is 10.0. The van der Waals surface area contributed by atoms with E-state index in [-0.39, 0.29) is 0 Å². The lowest BCUT2D eigenvalue weighted by Crippen LogP contribution is -2.35. The molecule has 2 N–H and O–H groups in total. The van der Waals surface area contributed by atoms with Gasteiger partial charge in [0.25, 0.3) is 0 Å². The van der Waals surface area contributed by atoms with E-state index in [4.69, 9.17) is 5.11 Å². The van der Waals surface area contributed by atoms with E-state index in [1.54, 1.807) is 13.8 Å². The third-order valence-corrected chi connectivity index (χ3v) is 5.20. The molecule has 0 aromatic rings. The lowest BCUT2D eigenvalue weighted by molar-refractivity contribution is -0.139. The smallest absolute Gasteiger partial charge is 0.319 e. The van der Waals surface area contributed by atoms with Crippen LogP contribution in [-0.4, -0.2) is 32.1 Å². The van der Waals surface area contributed by atoms with Gasteiger partial charge in [-0.3, -0.25) is 9.59 Å². The predicted octanol–water partition coefficient (Wildman–Crippen LogP) is 4.57. The van der Waals surface area contributed by atoms with Gasteiger partial charge in [0.05, 0.1) is 0 Å². The Labute approximate surface area is 132 Å². The summed E-state index contributed by atoms with van der Waals surface area (Å²) in [5.41, 5.74) is 0. The van der Waals surface area contributed by atoms with Crippen LogP contribution in [0.15, 0.2) is 0 Å². The Hall–Kier alpha value is -0.710. The van der Waals surface area contributed by atoms with Crippen LogP contribution in [0.3, 0.4) is 0 Å². The molecule has 0 amide bonds. The average molecular weight is 318 g/mol. The van der Waals surface area contributed by atoms with Gasteiger partial charge in [0.2, 0.25) is 0 Å². The zero-order valence-electron chi connectivity index (χ0n) is 13.6. The van der Waals surface area contributed by atoms with Crippen LogP contribution in [0.2, 0.25) is 0 Å². The summed E-state index contributed by atoms with van der Waals surface area (Å²) in [6.07, 6.45) is 9.83. The third-order valence-electron chi connectivity index (χ3n) is 3.74. The topological polar surface area (TPSA) is 74.6 Å².